The molecule has 5 rings (SSSR count). The number of benzene rings is 1. The molecule has 2 aromatic heterocycles. The van der Waals surface area contributed by atoms with Crippen LogP contribution in [0.1, 0.15) is 17.7 Å². The Hall–Kier alpha value is -2.59. The molecule has 33 heavy (non-hydrogen) atoms. The van der Waals surface area contributed by atoms with E-state index in [1.165, 1.54) is 34.8 Å². The molecule has 0 bridgehead atoms. The zero-order valence-electron chi connectivity index (χ0n) is 17.9. The van der Waals surface area contributed by atoms with Gasteiger partial charge >= 0.3 is 0 Å². The highest BCUT2D eigenvalue weighted by atomic mass is 35.5. The molecular weight excluding hydrogens is 467 g/mol. The number of hydrogen-bond donors (Lipinski definition) is 0. The fraction of sp³-hybridized carbons (Fsp3) is 0.304. The molecule has 1 fully saturated rings. The van der Waals surface area contributed by atoms with Gasteiger partial charge in [-0.25, -0.2) is 22.5 Å². The zero-order valence-corrected chi connectivity index (χ0v) is 19.5. The molecule has 0 saturated carbocycles. The van der Waals surface area contributed by atoms with Crippen molar-refractivity contribution >= 4 is 27.7 Å². The predicted molar refractivity (Wildman–Crippen MR) is 122 cm³/mol. The van der Waals surface area contributed by atoms with E-state index in [0.29, 0.717) is 32.5 Å². The van der Waals surface area contributed by atoms with E-state index in [1.807, 2.05) is 0 Å². The second kappa shape index (κ2) is 8.32. The van der Waals surface area contributed by atoms with Crippen LogP contribution in [-0.2, 0) is 21.2 Å². The average Bonchev–Trinajstić information content (AvgIpc) is 3.20. The molecule has 0 N–H and O–H groups in total. The largest absolute Gasteiger partial charge is 0.384 e. The van der Waals surface area contributed by atoms with E-state index in [2.05, 4.69) is 16.2 Å². The summed E-state index contributed by atoms with van der Waals surface area (Å²) in [6.07, 6.45) is 6.32. The van der Waals surface area contributed by atoms with Gasteiger partial charge in [-0.1, -0.05) is 17.2 Å². The molecule has 7 nitrogen and oxygen atoms in total. The van der Waals surface area contributed by atoms with Gasteiger partial charge in [-0.2, -0.15) is 9.40 Å². The summed E-state index contributed by atoms with van der Waals surface area (Å²) >= 11 is 5.83. The molecule has 2 aliphatic rings. The molecule has 1 saturated heterocycles. The van der Waals surface area contributed by atoms with Crippen molar-refractivity contribution in [3.05, 3.63) is 76.6 Å². The number of rotatable bonds is 5. The van der Waals surface area contributed by atoms with Crippen LogP contribution in [0, 0.1) is 11.2 Å². The highest BCUT2D eigenvalue weighted by Crippen LogP contribution is 2.45. The van der Waals surface area contributed by atoms with E-state index in [1.54, 1.807) is 30.1 Å². The number of methoxy groups -OCH3 is 1. The van der Waals surface area contributed by atoms with Gasteiger partial charge in [0.05, 0.1) is 24.2 Å². The lowest BCUT2D eigenvalue weighted by molar-refractivity contribution is 0.0733. The minimum absolute atomic E-state index is 0.118. The maximum absolute atomic E-state index is 13.4. The Kier molecular flexibility index (Phi) is 5.60. The number of piperidine rings is 1. The normalized spacial score (nSPS) is 20.8. The maximum Gasteiger partial charge on any atom is 0.244 e. The van der Waals surface area contributed by atoms with Gasteiger partial charge in [-0.05, 0) is 60.9 Å². The lowest BCUT2D eigenvalue weighted by Gasteiger charge is -2.45. The van der Waals surface area contributed by atoms with Crippen molar-refractivity contribution in [3.8, 4) is 5.69 Å². The fourth-order valence-electron chi connectivity index (χ4n) is 4.76. The van der Waals surface area contributed by atoms with Gasteiger partial charge in [0.25, 0.3) is 0 Å². The number of sulfonamides is 1. The Morgan fingerprint density at radius 2 is 1.97 bits per heavy atom. The Balaban J connectivity index is 1.50. The van der Waals surface area contributed by atoms with Crippen LogP contribution in [0.2, 0.25) is 5.15 Å². The average molecular weight is 489 g/mol. The third kappa shape index (κ3) is 3.89. The summed E-state index contributed by atoms with van der Waals surface area (Å²) in [6.45, 7) is 1.02. The summed E-state index contributed by atoms with van der Waals surface area (Å²) in [5.41, 5.74) is 3.32. The minimum Gasteiger partial charge on any atom is -0.384 e. The maximum atomic E-state index is 13.4. The van der Waals surface area contributed by atoms with Gasteiger partial charge < -0.3 is 4.74 Å². The second-order valence-corrected chi connectivity index (χ2v) is 10.7. The zero-order chi connectivity index (χ0) is 23.2. The van der Waals surface area contributed by atoms with Gasteiger partial charge in [0, 0.05) is 31.8 Å². The van der Waals surface area contributed by atoms with E-state index in [9.17, 15) is 12.8 Å². The van der Waals surface area contributed by atoms with E-state index < -0.39 is 15.4 Å². The first-order valence-electron chi connectivity index (χ1n) is 10.5. The van der Waals surface area contributed by atoms with E-state index in [-0.39, 0.29) is 15.9 Å². The van der Waals surface area contributed by atoms with Gasteiger partial charge in [0.15, 0.2) is 0 Å². The van der Waals surface area contributed by atoms with Crippen molar-refractivity contribution < 1.29 is 17.5 Å². The first kappa shape index (κ1) is 22.2. The SMILES string of the molecule is COC[C@]12Cc3cnn(-c4ccc(F)cc4)c3C=C1CCN(S(=O)(=O)c1ccc(Cl)nc1)C2. The van der Waals surface area contributed by atoms with Gasteiger partial charge in [0.2, 0.25) is 10.0 Å². The summed E-state index contributed by atoms with van der Waals surface area (Å²) in [5, 5.41) is 4.77. The molecule has 0 unspecified atom stereocenters. The van der Waals surface area contributed by atoms with Crippen LogP contribution in [0.4, 0.5) is 4.39 Å². The topological polar surface area (TPSA) is 77.3 Å². The van der Waals surface area contributed by atoms with Gasteiger partial charge in [0.1, 0.15) is 15.9 Å². The lowest BCUT2D eigenvalue weighted by Crippen LogP contribution is -2.51. The first-order chi connectivity index (χ1) is 15.8. The summed E-state index contributed by atoms with van der Waals surface area (Å²) in [4.78, 5) is 4.05. The van der Waals surface area contributed by atoms with Crippen LogP contribution < -0.4 is 0 Å². The van der Waals surface area contributed by atoms with Crippen molar-refractivity contribution in [1.82, 2.24) is 19.1 Å². The van der Waals surface area contributed by atoms with Crippen LogP contribution in [0.5, 0.6) is 0 Å². The smallest absolute Gasteiger partial charge is 0.244 e. The van der Waals surface area contributed by atoms with Gasteiger partial charge in [-0.3, -0.25) is 0 Å². The monoisotopic (exact) mass is 488 g/mol. The standard InChI is InChI=1S/C23H22ClFN4O3S/c1-32-15-23-11-16-12-27-29(19-4-2-18(25)3-5-19)21(16)10-17(23)8-9-28(14-23)33(30,31)20-6-7-22(24)26-13-20/h2-7,10,12-13H,8-9,11,14-15H2,1H3/t23-/m1/s1. The molecule has 1 aliphatic heterocycles. The Labute approximate surface area is 196 Å². The summed E-state index contributed by atoms with van der Waals surface area (Å²) in [6, 6.07) is 9.14. The van der Waals surface area contributed by atoms with Crippen molar-refractivity contribution in [2.45, 2.75) is 17.7 Å². The number of halogens is 2. The number of aromatic nitrogens is 3. The van der Waals surface area contributed by atoms with Crippen LogP contribution in [0.15, 0.2) is 59.3 Å². The molecule has 1 aliphatic carbocycles. The predicted octanol–water partition coefficient (Wildman–Crippen LogP) is 3.73. The fourth-order valence-corrected chi connectivity index (χ4v) is 6.34. The Bertz CT molecular complexity index is 1320. The number of fused-ring (bicyclic) bond motifs is 2. The van der Waals surface area contributed by atoms with Crippen LogP contribution >= 0.6 is 11.6 Å². The van der Waals surface area contributed by atoms with Crippen molar-refractivity contribution in [2.24, 2.45) is 5.41 Å². The van der Waals surface area contributed by atoms with E-state index in [0.717, 1.165) is 22.5 Å². The third-order valence-corrected chi connectivity index (χ3v) is 8.40. The van der Waals surface area contributed by atoms with Crippen LogP contribution in [0.25, 0.3) is 11.8 Å². The lowest BCUT2D eigenvalue weighted by atomic mass is 9.69. The Morgan fingerprint density at radius 3 is 2.67 bits per heavy atom. The van der Waals surface area contributed by atoms with Crippen LogP contribution in [-0.4, -0.2) is 54.3 Å². The van der Waals surface area contributed by atoms with Crippen molar-refractivity contribution in [3.63, 3.8) is 0 Å². The number of nitrogens with zero attached hydrogens (tertiary/aromatic N) is 4. The van der Waals surface area contributed by atoms with Crippen molar-refractivity contribution in [1.29, 1.82) is 0 Å². The third-order valence-electron chi connectivity index (χ3n) is 6.35. The minimum atomic E-state index is -3.73. The molecule has 0 spiro atoms. The molecule has 0 amide bonds. The molecular formula is C23H22ClFN4O3S. The van der Waals surface area contributed by atoms with E-state index >= 15 is 0 Å². The molecule has 0 radical (unpaired) electrons. The second-order valence-electron chi connectivity index (χ2n) is 8.41. The number of hydrogen-bond acceptors (Lipinski definition) is 5. The molecule has 1 atom stereocenters. The van der Waals surface area contributed by atoms with Crippen molar-refractivity contribution in [2.75, 3.05) is 26.8 Å². The molecule has 10 heteroatoms. The van der Waals surface area contributed by atoms with Crippen LogP contribution in [0.3, 0.4) is 0 Å². The van der Waals surface area contributed by atoms with E-state index in [4.69, 9.17) is 16.3 Å². The quantitative estimate of drug-likeness (QED) is 0.511. The van der Waals surface area contributed by atoms with Gasteiger partial charge in [-0.15, -0.1) is 0 Å². The molecule has 3 aromatic rings. The summed E-state index contributed by atoms with van der Waals surface area (Å²) in [7, 11) is -2.11. The molecule has 3 heterocycles. The summed E-state index contributed by atoms with van der Waals surface area (Å²) in [5.74, 6) is -0.304. The molecule has 172 valence electrons. The Morgan fingerprint density at radius 1 is 1.18 bits per heavy atom. The molecule has 1 aromatic carbocycles. The first-order valence-corrected chi connectivity index (χ1v) is 12.3. The summed E-state index contributed by atoms with van der Waals surface area (Å²) < 4.78 is 48.9. The highest BCUT2D eigenvalue weighted by molar-refractivity contribution is 7.89. The highest BCUT2D eigenvalue weighted by Gasteiger charge is 2.46. The number of pyridine rings is 1. The number of ether oxygens (including phenoxy) is 1.